The molecule has 0 aliphatic heterocycles. The summed E-state index contributed by atoms with van der Waals surface area (Å²) < 4.78 is 0. The zero-order valence-electron chi connectivity index (χ0n) is 13.1. The smallest absolute Gasteiger partial charge is 0.227 e. The highest BCUT2D eigenvalue weighted by Gasteiger charge is 2.10. The molecule has 0 unspecified atom stereocenters. The van der Waals surface area contributed by atoms with Crippen LogP contribution in [0.2, 0.25) is 0 Å². The van der Waals surface area contributed by atoms with Gasteiger partial charge < -0.3 is 10.2 Å². The van der Waals surface area contributed by atoms with Crippen molar-refractivity contribution in [2.75, 3.05) is 23.3 Å². The second-order valence-corrected chi connectivity index (χ2v) is 5.17. The minimum atomic E-state index is 0.817. The zero-order valence-corrected chi connectivity index (χ0v) is 13.1. The van der Waals surface area contributed by atoms with Crippen LogP contribution in [-0.2, 0) is 0 Å². The molecule has 112 valence electrons. The lowest BCUT2D eigenvalue weighted by molar-refractivity contribution is 0.720. The highest BCUT2D eigenvalue weighted by molar-refractivity contribution is 5.57. The van der Waals surface area contributed by atoms with Crippen LogP contribution in [0.3, 0.4) is 0 Å². The maximum Gasteiger partial charge on any atom is 0.227 e. The fourth-order valence-electron chi connectivity index (χ4n) is 2.28. The Morgan fingerprint density at radius 2 is 1.67 bits per heavy atom. The number of anilines is 3. The van der Waals surface area contributed by atoms with Crippen LogP contribution in [0.1, 0.15) is 32.4 Å². The van der Waals surface area contributed by atoms with Crippen LogP contribution >= 0.6 is 0 Å². The first kappa shape index (κ1) is 15.3. The molecule has 2 aromatic rings. The van der Waals surface area contributed by atoms with Crippen LogP contribution < -0.4 is 10.2 Å². The van der Waals surface area contributed by atoms with Gasteiger partial charge >= 0.3 is 0 Å². The highest BCUT2D eigenvalue weighted by atomic mass is 15.3. The van der Waals surface area contributed by atoms with Crippen LogP contribution in [0.5, 0.6) is 0 Å². The second kappa shape index (κ2) is 7.62. The van der Waals surface area contributed by atoms with E-state index in [1.807, 2.05) is 43.3 Å². The number of nitrogens with zero attached hydrogens (tertiary/aromatic N) is 3. The van der Waals surface area contributed by atoms with Crippen LogP contribution in [-0.4, -0.2) is 23.1 Å². The summed E-state index contributed by atoms with van der Waals surface area (Å²) in [5.74, 6) is 1.66. The number of hydrogen-bond donors (Lipinski definition) is 1. The first-order chi connectivity index (χ1) is 10.2. The van der Waals surface area contributed by atoms with Crippen molar-refractivity contribution < 1.29 is 0 Å². The molecular formula is C17H24N4. The number of nitrogens with one attached hydrogen (secondary N) is 1. The molecule has 4 heteroatoms. The second-order valence-electron chi connectivity index (χ2n) is 5.17. The van der Waals surface area contributed by atoms with Gasteiger partial charge in [0.1, 0.15) is 5.82 Å². The summed E-state index contributed by atoms with van der Waals surface area (Å²) in [6.07, 6.45) is 2.19. The fourth-order valence-corrected chi connectivity index (χ4v) is 2.28. The topological polar surface area (TPSA) is 41.1 Å². The van der Waals surface area contributed by atoms with Crippen LogP contribution in [0.4, 0.5) is 17.5 Å². The van der Waals surface area contributed by atoms with Gasteiger partial charge in [0.05, 0.1) is 0 Å². The molecule has 0 aliphatic rings. The molecule has 2 rings (SSSR count). The molecular weight excluding hydrogens is 260 g/mol. The van der Waals surface area contributed by atoms with Crippen molar-refractivity contribution in [2.45, 2.75) is 33.6 Å². The van der Waals surface area contributed by atoms with Crippen molar-refractivity contribution in [2.24, 2.45) is 0 Å². The van der Waals surface area contributed by atoms with E-state index in [0.717, 1.165) is 49.1 Å². The van der Waals surface area contributed by atoms with Gasteiger partial charge in [0.15, 0.2) is 0 Å². The Hall–Kier alpha value is -2.10. The summed E-state index contributed by atoms with van der Waals surface area (Å²) in [5, 5.41) is 3.35. The van der Waals surface area contributed by atoms with Gasteiger partial charge in [-0.3, -0.25) is 0 Å². The molecule has 0 radical (unpaired) electrons. The Morgan fingerprint density at radius 3 is 2.29 bits per heavy atom. The largest absolute Gasteiger partial charge is 0.341 e. The third-order valence-electron chi connectivity index (χ3n) is 3.16. The van der Waals surface area contributed by atoms with E-state index in [0.29, 0.717) is 0 Å². The van der Waals surface area contributed by atoms with Crippen molar-refractivity contribution in [1.29, 1.82) is 0 Å². The van der Waals surface area contributed by atoms with E-state index in [1.54, 1.807) is 0 Å². The van der Waals surface area contributed by atoms with Gasteiger partial charge in [0.2, 0.25) is 5.95 Å². The monoisotopic (exact) mass is 284 g/mol. The highest BCUT2D eigenvalue weighted by Crippen LogP contribution is 2.18. The molecule has 1 aromatic heterocycles. The molecule has 0 fully saturated rings. The van der Waals surface area contributed by atoms with Gasteiger partial charge in [-0.15, -0.1) is 0 Å². The number of aryl methyl sites for hydroxylation is 1. The minimum Gasteiger partial charge on any atom is -0.341 e. The molecule has 1 N–H and O–H groups in total. The van der Waals surface area contributed by atoms with Crippen LogP contribution in [0, 0.1) is 6.92 Å². The summed E-state index contributed by atoms with van der Waals surface area (Å²) in [6, 6.07) is 12.1. The average molecular weight is 284 g/mol. The van der Waals surface area contributed by atoms with Gasteiger partial charge in [0, 0.05) is 30.5 Å². The number of aromatic nitrogens is 2. The lowest BCUT2D eigenvalue weighted by atomic mass is 10.3. The lowest BCUT2D eigenvalue weighted by Crippen LogP contribution is -2.27. The third-order valence-corrected chi connectivity index (χ3v) is 3.16. The quantitative estimate of drug-likeness (QED) is 0.829. The number of hydrogen-bond acceptors (Lipinski definition) is 4. The Kier molecular flexibility index (Phi) is 5.55. The van der Waals surface area contributed by atoms with E-state index < -0.39 is 0 Å². The molecule has 0 spiro atoms. The van der Waals surface area contributed by atoms with Crippen LogP contribution in [0.15, 0.2) is 36.4 Å². The molecule has 21 heavy (non-hydrogen) atoms. The SMILES string of the molecule is CCCN(CCC)c1nc(C)cc(Nc2ccccc2)n1. The normalized spacial score (nSPS) is 10.4. The van der Waals surface area contributed by atoms with Crippen LogP contribution in [0.25, 0.3) is 0 Å². The Labute approximate surface area is 127 Å². The molecule has 0 atom stereocenters. The lowest BCUT2D eigenvalue weighted by Gasteiger charge is -2.22. The summed E-state index contributed by atoms with van der Waals surface area (Å²) in [7, 11) is 0. The van der Waals surface area contributed by atoms with E-state index in [4.69, 9.17) is 0 Å². The Balaban J connectivity index is 2.23. The van der Waals surface area contributed by atoms with E-state index in [1.165, 1.54) is 0 Å². The van der Waals surface area contributed by atoms with Crippen molar-refractivity contribution in [3.63, 3.8) is 0 Å². The molecule has 0 saturated heterocycles. The molecule has 0 saturated carbocycles. The van der Waals surface area contributed by atoms with Gasteiger partial charge in [-0.1, -0.05) is 32.0 Å². The first-order valence-corrected chi connectivity index (χ1v) is 7.65. The first-order valence-electron chi connectivity index (χ1n) is 7.65. The van der Waals surface area contributed by atoms with Gasteiger partial charge in [0.25, 0.3) is 0 Å². The minimum absolute atomic E-state index is 0.817. The molecule has 4 nitrogen and oxygen atoms in total. The molecule has 1 aromatic carbocycles. The summed E-state index contributed by atoms with van der Waals surface area (Å²) in [6.45, 7) is 8.35. The maximum atomic E-state index is 4.67. The van der Waals surface area contributed by atoms with Crippen molar-refractivity contribution in [3.8, 4) is 0 Å². The van der Waals surface area contributed by atoms with E-state index in [9.17, 15) is 0 Å². The number of para-hydroxylation sites is 1. The van der Waals surface area contributed by atoms with Gasteiger partial charge in [-0.25, -0.2) is 4.98 Å². The van der Waals surface area contributed by atoms with E-state index in [-0.39, 0.29) is 0 Å². The Morgan fingerprint density at radius 1 is 1.00 bits per heavy atom. The molecule has 0 bridgehead atoms. The Bertz CT molecular complexity index is 548. The predicted molar refractivity (Wildman–Crippen MR) is 89.3 cm³/mol. The van der Waals surface area contributed by atoms with Crippen molar-refractivity contribution in [1.82, 2.24) is 9.97 Å². The van der Waals surface area contributed by atoms with Crippen molar-refractivity contribution >= 4 is 17.5 Å². The van der Waals surface area contributed by atoms with E-state index >= 15 is 0 Å². The fraction of sp³-hybridized carbons (Fsp3) is 0.412. The standard InChI is InChI=1S/C17H24N4/c1-4-11-21(12-5-2)17-18-14(3)13-16(20-17)19-15-9-7-6-8-10-15/h6-10,13H,4-5,11-12H2,1-3H3,(H,18,19,20). The summed E-state index contributed by atoms with van der Waals surface area (Å²) >= 11 is 0. The maximum absolute atomic E-state index is 4.67. The van der Waals surface area contributed by atoms with Crippen molar-refractivity contribution in [3.05, 3.63) is 42.1 Å². The average Bonchev–Trinajstić information content (AvgIpc) is 2.47. The summed E-state index contributed by atoms with van der Waals surface area (Å²) in [5.41, 5.74) is 2.02. The summed E-state index contributed by atoms with van der Waals surface area (Å²) in [4.78, 5) is 11.5. The molecule has 1 heterocycles. The molecule has 0 amide bonds. The van der Waals surface area contributed by atoms with E-state index in [2.05, 4.69) is 34.0 Å². The third kappa shape index (κ3) is 4.45. The number of benzene rings is 1. The van der Waals surface area contributed by atoms with Gasteiger partial charge in [-0.2, -0.15) is 4.98 Å². The molecule has 0 aliphatic carbocycles. The predicted octanol–water partition coefficient (Wildman–Crippen LogP) is 4.16. The zero-order chi connectivity index (χ0) is 15.1. The van der Waals surface area contributed by atoms with Gasteiger partial charge in [-0.05, 0) is 31.9 Å². The number of rotatable bonds is 7.